The highest BCUT2D eigenvalue weighted by atomic mass is 16.5. The van der Waals surface area contributed by atoms with E-state index in [9.17, 15) is 5.02 Å². The van der Waals surface area contributed by atoms with Gasteiger partial charge in [-0.2, -0.15) is 0 Å². The first-order valence-corrected chi connectivity index (χ1v) is 5.70. The van der Waals surface area contributed by atoms with Gasteiger partial charge in [-0.3, -0.25) is 0 Å². The van der Waals surface area contributed by atoms with Gasteiger partial charge in [0.25, 0.3) is 0 Å². The fourth-order valence-electron chi connectivity index (χ4n) is 1.72. The summed E-state index contributed by atoms with van der Waals surface area (Å²) in [4.78, 5) is 0. The van der Waals surface area contributed by atoms with Crippen LogP contribution in [-0.2, 0) is 4.65 Å². The normalized spacial score (nSPS) is 10.7. The van der Waals surface area contributed by atoms with Crippen molar-refractivity contribution in [1.82, 2.24) is 0 Å². The van der Waals surface area contributed by atoms with E-state index >= 15 is 0 Å². The van der Waals surface area contributed by atoms with Crippen LogP contribution in [0.3, 0.4) is 0 Å². The van der Waals surface area contributed by atoms with E-state index in [0.29, 0.717) is 13.0 Å². The molecule has 2 aromatic rings. The predicted molar refractivity (Wildman–Crippen MR) is 69.2 cm³/mol. The summed E-state index contributed by atoms with van der Waals surface area (Å²) in [7, 11) is -0.925. The Labute approximate surface area is 101 Å². The van der Waals surface area contributed by atoms with Crippen LogP contribution < -0.4 is 5.46 Å². The fourth-order valence-corrected chi connectivity index (χ4v) is 1.72. The number of fused-ring (bicyclic) bond motifs is 1. The number of hydrogen-bond donors (Lipinski definition) is 2. The Hall–Kier alpha value is -1.36. The van der Waals surface area contributed by atoms with E-state index in [1.54, 1.807) is 0 Å². The molecule has 0 spiro atoms. The number of aliphatic hydroxyl groups excluding tert-OH is 1. The smallest absolute Gasteiger partial charge is 0.423 e. The van der Waals surface area contributed by atoms with Crippen molar-refractivity contribution in [3.8, 4) is 0 Å². The van der Waals surface area contributed by atoms with Crippen molar-refractivity contribution in [2.75, 3.05) is 13.2 Å². The zero-order valence-corrected chi connectivity index (χ0v) is 9.54. The molecule has 0 aliphatic heterocycles. The minimum absolute atomic E-state index is 0.0738. The molecule has 0 saturated heterocycles. The van der Waals surface area contributed by atoms with Crippen molar-refractivity contribution >= 4 is 23.4 Å². The summed E-state index contributed by atoms with van der Waals surface area (Å²) in [6, 6.07) is 13.7. The van der Waals surface area contributed by atoms with Gasteiger partial charge < -0.3 is 14.8 Å². The van der Waals surface area contributed by atoms with Gasteiger partial charge in [-0.1, -0.05) is 42.5 Å². The highest BCUT2D eigenvalue weighted by Gasteiger charge is 2.15. The molecule has 0 aliphatic carbocycles. The standard InChI is InChI=1S/C13H15BO3/c15-8-3-9-17-14(16)13-7-6-11-4-1-2-5-12(11)10-13/h1-2,4-7,10,15-16H,3,8-9H2. The highest BCUT2D eigenvalue weighted by molar-refractivity contribution is 6.60. The van der Waals surface area contributed by atoms with Crippen molar-refractivity contribution in [3.63, 3.8) is 0 Å². The second kappa shape index (κ2) is 5.82. The molecule has 0 bridgehead atoms. The maximum atomic E-state index is 9.80. The molecule has 0 heterocycles. The Morgan fingerprint density at radius 2 is 1.82 bits per heavy atom. The zero-order chi connectivity index (χ0) is 12.1. The SMILES string of the molecule is OCCCOB(O)c1ccc2ccccc2c1. The van der Waals surface area contributed by atoms with Crippen LogP contribution in [0.4, 0.5) is 0 Å². The van der Waals surface area contributed by atoms with E-state index in [1.807, 2.05) is 42.5 Å². The molecule has 2 N–H and O–H groups in total. The molecular formula is C13H15BO3. The molecule has 17 heavy (non-hydrogen) atoms. The monoisotopic (exact) mass is 230 g/mol. The highest BCUT2D eigenvalue weighted by Crippen LogP contribution is 2.11. The van der Waals surface area contributed by atoms with E-state index in [1.165, 1.54) is 0 Å². The average molecular weight is 230 g/mol. The minimum atomic E-state index is -0.925. The molecule has 4 heteroatoms. The molecule has 2 aromatic carbocycles. The van der Waals surface area contributed by atoms with E-state index in [2.05, 4.69) is 0 Å². The fraction of sp³-hybridized carbons (Fsp3) is 0.231. The van der Waals surface area contributed by atoms with E-state index in [0.717, 1.165) is 16.2 Å². The van der Waals surface area contributed by atoms with Crippen LogP contribution in [-0.4, -0.2) is 30.5 Å². The van der Waals surface area contributed by atoms with Gasteiger partial charge in [0.05, 0.1) is 0 Å². The van der Waals surface area contributed by atoms with Crippen LogP contribution in [0, 0.1) is 0 Å². The van der Waals surface area contributed by atoms with Crippen molar-refractivity contribution in [2.24, 2.45) is 0 Å². The maximum Gasteiger partial charge on any atom is 0.491 e. The summed E-state index contributed by atoms with van der Waals surface area (Å²) in [5, 5.41) is 20.6. The lowest BCUT2D eigenvalue weighted by Crippen LogP contribution is -2.34. The van der Waals surface area contributed by atoms with Gasteiger partial charge in [0.1, 0.15) is 0 Å². The molecule has 0 saturated carbocycles. The molecular weight excluding hydrogens is 215 g/mol. The lowest BCUT2D eigenvalue weighted by atomic mass is 9.78. The molecule has 0 atom stereocenters. The lowest BCUT2D eigenvalue weighted by molar-refractivity contribution is 0.216. The Kier molecular flexibility index (Phi) is 4.15. The quantitative estimate of drug-likeness (QED) is 0.593. The lowest BCUT2D eigenvalue weighted by Gasteiger charge is -2.08. The number of benzene rings is 2. The molecule has 2 rings (SSSR count). The minimum Gasteiger partial charge on any atom is -0.423 e. The number of hydrogen-bond acceptors (Lipinski definition) is 3. The largest absolute Gasteiger partial charge is 0.491 e. The van der Waals surface area contributed by atoms with Crippen LogP contribution in [0.25, 0.3) is 10.8 Å². The molecule has 0 radical (unpaired) electrons. The Morgan fingerprint density at radius 1 is 1.06 bits per heavy atom. The molecule has 0 unspecified atom stereocenters. The molecule has 0 aliphatic rings. The summed E-state index contributed by atoms with van der Waals surface area (Å²) in [5.74, 6) is 0. The third-order valence-electron chi connectivity index (χ3n) is 2.64. The molecule has 0 amide bonds. The van der Waals surface area contributed by atoms with Crippen LogP contribution in [0.15, 0.2) is 42.5 Å². The number of rotatable bonds is 5. The predicted octanol–water partition coefficient (Wildman–Crippen LogP) is 0.926. The van der Waals surface area contributed by atoms with Crippen molar-refractivity contribution in [2.45, 2.75) is 6.42 Å². The topological polar surface area (TPSA) is 49.7 Å². The van der Waals surface area contributed by atoms with E-state index in [4.69, 9.17) is 9.76 Å². The average Bonchev–Trinajstić information content (AvgIpc) is 2.38. The van der Waals surface area contributed by atoms with Crippen molar-refractivity contribution < 1.29 is 14.8 Å². The van der Waals surface area contributed by atoms with Gasteiger partial charge in [-0.15, -0.1) is 0 Å². The van der Waals surface area contributed by atoms with E-state index in [-0.39, 0.29) is 6.61 Å². The van der Waals surface area contributed by atoms with E-state index < -0.39 is 7.12 Å². The van der Waals surface area contributed by atoms with Gasteiger partial charge in [-0.05, 0) is 22.7 Å². The molecule has 0 aromatic heterocycles. The molecule has 0 fully saturated rings. The van der Waals surface area contributed by atoms with Gasteiger partial charge in [0.2, 0.25) is 0 Å². The summed E-state index contributed by atoms with van der Waals surface area (Å²) in [6.45, 7) is 0.426. The summed E-state index contributed by atoms with van der Waals surface area (Å²) < 4.78 is 5.21. The van der Waals surface area contributed by atoms with Gasteiger partial charge >= 0.3 is 7.12 Å². The third-order valence-corrected chi connectivity index (χ3v) is 2.64. The van der Waals surface area contributed by atoms with Crippen LogP contribution in [0.5, 0.6) is 0 Å². The van der Waals surface area contributed by atoms with Gasteiger partial charge in [-0.25, -0.2) is 0 Å². The van der Waals surface area contributed by atoms with Crippen LogP contribution in [0.1, 0.15) is 6.42 Å². The van der Waals surface area contributed by atoms with Crippen LogP contribution in [0.2, 0.25) is 0 Å². The second-order valence-electron chi connectivity index (χ2n) is 3.91. The van der Waals surface area contributed by atoms with Gasteiger partial charge in [0, 0.05) is 13.2 Å². The zero-order valence-electron chi connectivity index (χ0n) is 9.54. The summed E-state index contributed by atoms with van der Waals surface area (Å²) >= 11 is 0. The first-order chi connectivity index (χ1) is 8.31. The first kappa shape index (κ1) is 12.1. The Morgan fingerprint density at radius 3 is 2.59 bits per heavy atom. The number of aliphatic hydroxyl groups is 1. The molecule has 3 nitrogen and oxygen atoms in total. The first-order valence-electron chi connectivity index (χ1n) is 5.70. The van der Waals surface area contributed by atoms with Gasteiger partial charge in [0.15, 0.2) is 0 Å². The van der Waals surface area contributed by atoms with Crippen molar-refractivity contribution in [3.05, 3.63) is 42.5 Å². The Balaban J connectivity index is 2.12. The maximum absolute atomic E-state index is 9.80. The Bertz CT molecular complexity index is 487. The van der Waals surface area contributed by atoms with Crippen LogP contribution >= 0.6 is 0 Å². The summed E-state index contributed by atoms with van der Waals surface area (Å²) in [5.41, 5.74) is 0.738. The third kappa shape index (κ3) is 3.06. The van der Waals surface area contributed by atoms with Crippen molar-refractivity contribution in [1.29, 1.82) is 0 Å². The second-order valence-corrected chi connectivity index (χ2v) is 3.91. The summed E-state index contributed by atoms with van der Waals surface area (Å²) in [6.07, 6.45) is 0.532. The molecule has 88 valence electrons.